The van der Waals surface area contributed by atoms with Crippen LogP contribution in [0.2, 0.25) is 0 Å². The Bertz CT molecular complexity index is 582. The third-order valence-electron chi connectivity index (χ3n) is 2.63. The minimum absolute atomic E-state index is 0.826. The lowest BCUT2D eigenvalue weighted by Crippen LogP contribution is -2.11. The molecule has 2 N–H and O–H groups in total. The molecular weight excluding hydrogens is 262 g/mol. The fraction of sp³-hybridized carbons (Fsp3) is 0.154. The molecule has 0 aliphatic carbocycles. The lowest BCUT2D eigenvalue weighted by atomic mass is 10.2. The van der Waals surface area contributed by atoms with Crippen LogP contribution in [0, 0.1) is 0 Å². The molecule has 0 aliphatic rings. The summed E-state index contributed by atoms with van der Waals surface area (Å²) in [5, 5.41) is 14.6. The zero-order valence-corrected chi connectivity index (χ0v) is 11.4. The molecule has 0 aliphatic heterocycles. The number of aromatic nitrogens is 2. The highest BCUT2D eigenvalue weighted by atomic mass is 32.1. The highest BCUT2D eigenvalue weighted by Gasteiger charge is 2.03. The van der Waals surface area contributed by atoms with Crippen LogP contribution in [-0.2, 0) is 13.1 Å². The van der Waals surface area contributed by atoms with Crippen molar-refractivity contribution in [3.63, 3.8) is 0 Å². The van der Waals surface area contributed by atoms with Crippen molar-refractivity contribution in [2.24, 2.45) is 0 Å². The monoisotopic (exact) mass is 275 g/mol. The van der Waals surface area contributed by atoms with Crippen molar-refractivity contribution in [3.05, 3.63) is 51.8 Å². The van der Waals surface area contributed by atoms with Crippen LogP contribution in [0.4, 0.5) is 0 Å². The molecule has 0 atom stereocenters. The maximum atomic E-state index is 3.92. The second-order valence-electron chi connectivity index (χ2n) is 3.96. The minimum atomic E-state index is 0.826. The number of hydrogen-bond donors (Lipinski definition) is 2. The standard InChI is InChI=1S/C13H13N3S2/c1-2-13(17-5-1)10-6-12(18-9-10)8-14-7-11-3-4-15-16-11/h1-6,9,14H,7-8H2,(H,15,16). The number of thiophene rings is 2. The second kappa shape index (κ2) is 5.48. The Labute approximate surface area is 114 Å². The summed E-state index contributed by atoms with van der Waals surface area (Å²) in [6.45, 7) is 1.72. The van der Waals surface area contributed by atoms with Crippen molar-refractivity contribution in [2.75, 3.05) is 0 Å². The third-order valence-corrected chi connectivity index (χ3v) is 4.49. The summed E-state index contributed by atoms with van der Waals surface area (Å²) in [6, 6.07) is 8.50. The van der Waals surface area contributed by atoms with Crippen molar-refractivity contribution in [3.8, 4) is 10.4 Å². The first kappa shape index (κ1) is 11.6. The van der Waals surface area contributed by atoms with Gasteiger partial charge in [0.1, 0.15) is 0 Å². The van der Waals surface area contributed by atoms with E-state index in [0.29, 0.717) is 0 Å². The molecule has 0 amide bonds. The highest BCUT2D eigenvalue weighted by Crippen LogP contribution is 2.29. The van der Waals surface area contributed by atoms with E-state index in [1.54, 1.807) is 28.9 Å². The van der Waals surface area contributed by atoms with Crippen LogP contribution in [0.15, 0.2) is 41.2 Å². The largest absolute Gasteiger partial charge is 0.306 e. The van der Waals surface area contributed by atoms with Gasteiger partial charge in [0, 0.05) is 40.3 Å². The minimum Gasteiger partial charge on any atom is -0.306 e. The summed E-state index contributed by atoms with van der Waals surface area (Å²) in [5.41, 5.74) is 2.44. The normalized spacial score (nSPS) is 10.9. The van der Waals surface area contributed by atoms with Gasteiger partial charge in [-0.25, -0.2) is 0 Å². The fourth-order valence-electron chi connectivity index (χ4n) is 1.75. The third kappa shape index (κ3) is 2.69. The Kier molecular flexibility index (Phi) is 3.54. The smallest absolute Gasteiger partial charge is 0.0490 e. The number of aromatic amines is 1. The summed E-state index contributed by atoms with van der Waals surface area (Å²) in [7, 11) is 0. The van der Waals surface area contributed by atoms with E-state index < -0.39 is 0 Å². The van der Waals surface area contributed by atoms with Crippen molar-refractivity contribution in [2.45, 2.75) is 13.1 Å². The van der Waals surface area contributed by atoms with Crippen LogP contribution < -0.4 is 5.32 Å². The zero-order valence-electron chi connectivity index (χ0n) is 9.72. The molecule has 3 rings (SSSR count). The first-order chi connectivity index (χ1) is 8.92. The van der Waals surface area contributed by atoms with E-state index in [0.717, 1.165) is 18.8 Å². The molecule has 0 spiro atoms. The van der Waals surface area contributed by atoms with Crippen LogP contribution in [0.5, 0.6) is 0 Å². The SMILES string of the molecule is c1csc(-c2csc(CNCc3ccn[nH]3)c2)c1. The maximum Gasteiger partial charge on any atom is 0.0490 e. The number of nitrogens with zero attached hydrogens (tertiary/aromatic N) is 1. The van der Waals surface area contributed by atoms with E-state index in [1.807, 2.05) is 6.07 Å². The van der Waals surface area contributed by atoms with E-state index >= 15 is 0 Å². The summed E-state index contributed by atoms with van der Waals surface area (Å²) in [5.74, 6) is 0. The molecule has 18 heavy (non-hydrogen) atoms. The predicted molar refractivity (Wildman–Crippen MR) is 76.8 cm³/mol. The lowest BCUT2D eigenvalue weighted by molar-refractivity contribution is 0.684. The topological polar surface area (TPSA) is 40.7 Å². The van der Waals surface area contributed by atoms with E-state index in [1.165, 1.54) is 15.3 Å². The molecule has 0 unspecified atom stereocenters. The van der Waals surface area contributed by atoms with Crippen LogP contribution in [0.1, 0.15) is 10.6 Å². The molecule has 3 heterocycles. The maximum absolute atomic E-state index is 3.92. The van der Waals surface area contributed by atoms with Gasteiger partial charge in [-0.15, -0.1) is 22.7 Å². The Hall–Kier alpha value is -1.43. The van der Waals surface area contributed by atoms with Gasteiger partial charge in [0.2, 0.25) is 0 Å². The van der Waals surface area contributed by atoms with Gasteiger partial charge < -0.3 is 5.32 Å². The molecule has 92 valence electrons. The molecule has 3 nitrogen and oxygen atoms in total. The molecule has 5 heteroatoms. The Morgan fingerprint density at radius 3 is 3.00 bits per heavy atom. The van der Waals surface area contributed by atoms with E-state index in [9.17, 15) is 0 Å². The molecule has 0 radical (unpaired) electrons. The van der Waals surface area contributed by atoms with Crippen LogP contribution in [0.25, 0.3) is 10.4 Å². The van der Waals surface area contributed by atoms with Crippen LogP contribution in [-0.4, -0.2) is 10.2 Å². The first-order valence-electron chi connectivity index (χ1n) is 5.72. The lowest BCUT2D eigenvalue weighted by Gasteiger charge is -1.99. The predicted octanol–water partition coefficient (Wildman–Crippen LogP) is 3.49. The molecule has 0 saturated heterocycles. The zero-order chi connectivity index (χ0) is 12.2. The van der Waals surface area contributed by atoms with Crippen molar-refractivity contribution < 1.29 is 0 Å². The molecule has 3 aromatic heterocycles. The Morgan fingerprint density at radius 1 is 1.22 bits per heavy atom. The van der Waals surface area contributed by atoms with Crippen LogP contribution in [0.3, 0.4) is 0 Å². The quantitative estimate of drug-likeness (QED) is 0.748. The molecule has 0 bridgehead atoms. The summed E-state index contributed by atoms with van der Waals surface area (Å²) in [6.07, 6.45) is 1.77. The van der Waals surface area contributed by atoms with Gasteiger partial charge in [0.05, 0.1) is 0 Å². The first-order valence-corrected chi connectivity index (χ1v) is 7.48. The molecule has 0 aromatic carbocycles. The van der Waals surface area contributed by atoms with Gasteiger partial charge in [0.15, 0.2) is 0 Å². The van der Waals surface area contributed by atoms with Gasteiger partial charge in [-0.3, -0.25) is 5.10 Å². The fourth-order valence-corrected chi connectivity index (χ4v) is 3.39. The Balaban J connectivity index is 1.57. The number of hydrogen-bond acceptors (Lipinski definition) is 4. The molecular formula is C13H13N3S2. The van der Waals surface area contributed by atoms with Gasteiger partial charge in [-0.2, -0.15) is 5.10 Å². The molecule has 0 saturated carbocycles. The summed E-state index contributed by atoms with van der Waals surface area (Å²) < 4.78 is 0. The van der Waals surface area contributed by atoms with Crippen LogP contribution >= 0.6 is 22.7 Å². The average Bonchev–Trinajstić information content (AvgIpc) is 3.12. The number of H-pyrrole nitrogens is 1. The average molecular weight is 275 g/mol. The van der Waals surface area contributed by atoms with Gasteiger partial charge in [-0.1, -0.05) is 6.07 Å². The number of rotatable bonds is 5. The Morgan fingerprint density at radius 2 is 2.22 bits per heavy atom. The van der Waals surface area contributed by atoms with E-state index in [2.05, 4.69) is 44.5 Å². The van der Waals surface area contributed by atoms with Crippen molar-refractivity contribution in [1.29, 1.82) is 0 Å². The van der Waals surface area contributed by atoms with Crippen molar-refractivity contribution >= 4 is 22.7 Å². The van der Waals surface area contributed by atoms with E-state index in [-0.39, 0.29) is 0 Å². The van der Waals surface area contributed by atoms with E-state index in [4.69, 9.17) is 0 Å². The van der Waals surface area contributed by atoms with Gasteiger partial charge in [-0.05, 0) is 29.0 Å². The van der Waals surface area contributed by atoms with Gasteiger partial charge in [0.25, 0.3) is 0 Å². The molecule has 0 fully saturated rings. The molecule has 3 aromatic rings. The second-order valence-corrected chi connectivity index (χ2v) is 5.91. The number of nitrogens with one attached hydrogen (secondary N) is 2. The highest BCUT2D eigenvalue weighted by molar-refractivity contribution is 7.14. The summed E-state index contributed by atoms with van der Waals surface area (Å²) >= 11 is 3.59. The summed E-state index contributed by atoms with van der Waals surface area (Å²) in [4.78, 5) is 2.70. The van der Waals surface area contributed by atoms with Crippen molar-refractivity contribution in [1.82, 2.24) is 15.5 Å². The van der Waals surface area contributed by atoms with Gasteiger partial charge >= 0.3 is 0 Å².